The molecule has 26 heavy (non-hydrogen) atoms. The molecular weight excluding hydrogens is 360 g/mol. The fraction of sp³-hybridized carbons (Fsp3) is 0.176. The van der Waals surface area contributed by atoms with E-state index in [0.29, 0.717) is 5.75 Å². The van der Waals surface area contributed by atoms with Crippen LogP contribution in [0.5, 0.6) is 5.75 Å². The van der Waals surface area contributed by atoms with Crippen LogP contribution in [0.2, 0.25) is 0 Å². The third kappa shape index (κ3) is 4.51. The van der Waals surface area contributed by atoms with Gasteiger partial charge in [0.25, 0.3) is 15.9 Å². The number of para-hydroxylation sites is 2. The molecule has 1 amide bonds. The number of methoxy groups -OCH3 is 1. The molecule has 0 spiro atoms. The second kappa shape index (κ2) is 7.87. The summed E-state index contributed by atoms with van der Waals surface area (Å²) in [5.41, 5.74) is 5.27. The molecule has 0 heterocycles. The summed E-state index contributed by atoms with van der Waals surface area (Å²) >= 11 is 0. The smallest absolute Gasteiger partial charge is 0.338 e. The van der Waals surface area contributed by atoms with E-state index in [1.165, 1.54) is 32.2 Å². The Morgan fingerprint density at radius 3 is 2.46 bits per heavy atom. The molecule has 0 saturated carbocycles. The number of benzene rings is 2. The van der Waals surface area contributed by atoms with E-state index in [9.17, 15) is 18.0 Å². The van der Waals surface area contributed by atoms with Crippen LogP contribution in [0.3, 0.4) is 0 Å². The molecule has 0 fully saturated rings. The number of amides is 1. The summed E-state index contributed by atoms with van der Waals surface area (Å²) in [6.45, 7) is 1.32. The quantitative estimate of drug-likeness (QED) is 0.704. The zero-order valence-corrected chi connectivity index (χ0v) is 14.9. The Balaban J connectivity index is 2.28. The van der Waals surface area contributed by atoms with E-state index in [1.54, 1.807) is 24.3 Å². The van der Waals surface area contributed by atoms with Gasteiger partial charge in [-0.1, -0.05) is 18.2 Å². The highest BCUT2D eigenvalue weighted by atomic mass is 32.2. The summed E-state index contributed by atoms with van der Waals surface area (Å²) in [4.78, 5) is 22.9. The highest BCUT2D eigenvalue weighted by Crippen LogP contribution is 2.26. The van der Waals surface area contributed by atoms with Gasteiger partial charge in [-0.25, -0.2) is 13.2 Å². The van der Waals surface area contributed by atoms with Crippen molar-refractivity contribution in [3.8, 4) is 5.75 Å². The number of hydrogen-bond donors (Lipinski definition) is 2. The average molecular weight is 378 g/mol. The Labute approximate surface area is 151 Å². The first-order chi connectivity index (χ1) is 12.2. The number of primary amides is 1. The number of sulfonamides is 1. The standard InChI is InChI=1S/C17H18N2O6S/c1-11(16(18)20)25-17(21)12-6-5-7-13(10-12)26(22,23)19-14-8-3-4-9-15(14)24-2/h3-11,19H,1-2H3,(H2,18,20)/t11-/m1/s1. The van der Waals surface area contributed by atoms with E-state index in [4.69, 9.17) is 15.2 Å². The molecule has 1 atom stereocenters. The Morgan fingerprint density at radius 1 is 1.12 bits per heavy atom. The summed E-state index contributed by atoms with van der Waals surface area (Å²) in [7, 11) is -2.56. The monoisotopic (exact) mass is 378 g/mol. The summed E-state index contributed by atoms with van der Waals surface area (Å²) in [5.74, 6) is -1.31. The summed E-state index contributed by atoms with van der Waals surface area (Å²) in [6, 6.07) is 11.7. The van der Waals surface area contributed by atoms with E-state index in [0.717, 1.165) is 6.07 Å². The lowest BCUT2D eigenvalue weighted by Gasteiger charge is -2.13. The van der Waals surface area contributed by atoms with Crippen LogP contribution < -0.4 is 15.2 Å². The van der Waals surface area contributed by atoms with Gasteiger partial charge in [-0.2, -0.15) is 0 Å². The van der Waals surface area contributed by atoms with Gasteiger partial charge in [0.1, 0.15) is 5.75 Å². The molecule has 0 radical (unpaired) electrons. The Hall–Kier alpha value is -3.07. The SMILES string of the molecule is COc1ccccc1NS(=O)(=O)c1cccc(C(=O)O[C@H](C)C(N)=O)c1. The molecule has 3 N–H and O–H groups in total. The van der Waals surface area contributed by atoms with E-state index in [-0.39, 0.29) is 16.1 Å². The first-order valence-corrected chi connectivity index (χ1v) is 8.99. The predicted octanol–water partition coefficient (Wildman–Crippen LogP) is 1.53. The van der Waals surface area contributed by atoms with Gasteiger partial charge in [-0.3, -0.25) is 9.52 Å². The van der Waals surface area contributed by atoms with Gasteiger partial charge in [0.15, 0.2) is 6.10 Å². The normalized spacial score (nSPS) is 12.1. The van der Waals surface area contributed by atoms with Crippen LogP contribution in [-0.4, -0.2) is 33.5 Å². The summed E-state index contributed by atoms with van der Waals surface area (Å²) < 4.78 is 37.5. The van der Waals surface area contributed by atoms with Crippen molar-refractivity contribution in [2.45, 2.75) is 17.9 Å². The third-order valence-electron chi connectivity index (χ3n) is 3.42. The zero-order chi connectivity index (χ0) is 19.3. The first kappa shape index (κ1) is 19.3. The zero-order valence-electron chi connectivity index (χ0n) is 14.1. The minimum Gasteiger partial charge on any atom is -0.495 e. The van der Waals surface area contributed by atoms with Crippen molar-refractivity contribution < 1.29 is 27.5 Å². The van der Waals surface area contributed by atoms with Gasteiger partial charge in [-0.15, -0.1) is 0 Å². The van der Waals surface area contributed by atoms with Crippen molar-refractivity contribution in [2.75, 3.05) is 11.8 Å². The molecule has 0 bridgehead atoms. The lowest BCUT2D eigenvalue weighted by atomic mass is 10.2. The predicted molar refractivity (Wildman–Crippen MR) is 94.3 cm³/mol. The minimum atomic E-state index is -3.98. The van der Waals surface area contributed by atoms with Gasteiger partial charge in [0.2, 0.25) is 0 Å². The maximum atomic E-state index is 12.6. The van der Waals surface area contributed by atoms with Crippen molar-refractivity contribution in [2.24, 2.45) is 5.73 Å². The molecule has 0 saturated heterocycles. The van der Waals surface area contributed by atoms with E-state index in [2.05, 4.69) is 4.72 Å². The number of carbonyl (C=O) groups excluding carboxylic acids is 2. The molecule has 2 aromatic rings. The van der Waals surface area contributed by atoms with Gasteiger partial charge in [0, 0.05) is 0 Å². The van der Waals surface area contributed by atoms with Crippen LogP contribution in [0.15, 0.2) is 53.4 Å². The largest absolute Gasteiger partial charge is 0.495 e. The Kier molecular flexibility index (Phi) is 5.83. The van der Waals surface area contributed by atoms with Gasteiger partial charge in [0.05, 0.1) is 23.3 Å². The molecule has 9 heteroatoms. The van der Waals surface area contributed by atoms with Gasteiger partial charge in [-0.05, 0) is 37.3 Å². The molecule has 8 nitrogen and oxygen atoms in total. The molecule has 0 aliphatic carbocycles. The number of rotatable bonds is 7. The molecular formula is C17H18N2O6S. The van der Waals surface area contributed by atoms with Crippen LogP contribution in [0.25, 0.3) is 0 Å². The van der Waals surface area contributed by atoms with Crippen LogP contribution >= 0.6 is 0 Å². The van der Waals surface area contributed by atoms with Gasteiger partial charge >= 0.3 is 5.97 Å². The fourth-order valence-corrected chi connectivity index (χ4v) is 3.13. The van der Waals surface area contributed by atoms with Crippen molar-refractivity contribution in [1.29, 1.82) is 0 Å². The average Bonchev–Trinajstić information content (AvgIpc) is 2.61. The Morgan fingerprint density at radius 2 is 1.81 bits per heavy atom. The molecule has 0 aliphatic heterocycles. The van der Waals surface area contributed by atoms with Crippen molar-refractivity contribution in [3.63, 3.8) is 0 Å². The molecule has 0 aromatic heterocycles. The fourth-order valence-electron chi connectivity index (χ4n) is 2.01. The number of anilines is 1. The van der Waals surface area contributed by atoms with Crippen molar-refractivity contribution in [1.82, 2.24) is 0 Å². The summed E-state index contributed by atoms with van der Waals surface area (Å²) in [5, 5.41) is 0. The topological polar surface area (TPSA) is 125 Å². The number of carbonyl (C=O) groups is 2. The van der Waals surface area contributed by atoms with Crippen LogP contribution in [0, 0.1) is 0 Å². The van der Waals surface area contributed by atoms with E-state index in [1.807, 2.05) is 0 Å². The molecule has 2 rings (SSSR count). The number of esters is 1. The highest BCUT2D eigenvalue weighted by Gasteiger charge is 2.20. The van der Waals surface area contributed by atoms with E-state index < -0.39 is 28.0 Å². The summed E-state index contributed by atoms with van der Waals surface area (Å²) in [6.07, 6.45) is -1.13. The Bertz CT molecular complexity index is 926. The lowest BCUT2D eigenvalue weighted by Crippen LogP contribution is -2.30. The van der Waals surface area contributed by atoms with E-state index >= 15 is 0 Å². The maximum Gasteiger partial charge on any atom is 0.338 e. The maximum absolute atomic E-state index is 12.6. The minimum absolute atomic E-state index is 0.0269. The van der Waals surface area contributed by atoms with Crippen LogP contribution in [-0.2, 0) is 19.6 Å². The van der Waals surface area contributed by atoms with Gasteiger partial charge < -0.3 is 15.2 Å². The number of hydrogen-bond acceptors (Lipinski definition) is 6. The molecule has 2 aromatic carbocycles. The second-order valence-electron chi connectivity index (χ2n) is 5.28. The highest BCUT2D eigenvalue weighted by molar-refractivity contribution is 7.92. The van der Waals surface area contributed by atoms with Crippen LogP contribution in [0.1, 0.15) is 17.3 Å². The molecule has 138 valence electrons. The number of ether oxygens (including phenoxy) is 2. The lowest BCUT2D eigenvalue weighted by molar-refractivity contribution is -0.125. The van der Waals surface area contributed by atoms with Crippen molar-refractivity contribution in [3.05, 3.63) is 54.1 Å². The number of nitrogens with one attached hydrogen (secondary N) is 1. The third-order valence-corrected chi connectivity index (χ3v) is 4.78. The number of nitrogens with two attached hydrogens (primary N) is 1. The van der Waals surface area contributed by atoms with Crippen LogP contribution in [0.4, 0.5) is 5.69 Å². The van der Waals surface area contributed by atoms with Crippen molar-refractivity contribution >= 4 is 27.6 Å². The molecule has 0 aliphatic rings. The second-order valence-corrected chi connectivity index (χ2v) is 6.97. The molecule has 0 unspecified atom stereocenters. The first-order valence-electron chi connectivity index (χ1n) is 7.51.